The first-order valence-electron chi connectivity index (χ1n) is 4.17. The van der Waals surface area contributed by atoms with Crippen LogP contribution in [0.4, 0.5) is 4.39 Å². The number of hydrogen-bond donors (Lipinski definition) is 1. The van der Waals surface area contributed by atoms with Crippen LogP contribution in [-0.4, -0.2) is 18.8 Å². The van der Waals surface area contributed by atoms with Crippen LogP contribution in [0.3, 0.4) is 0 Å². The number of methoxy groups -OCH3 is 1. The maximum Gasteiger partial charge on any atom is 0.123 e. The van der Waals surface area contributed by atoms with Gasteiger partial charge in [-0.15, -0.1) is 0 Å². The third-order valence-corrected chi connectivity index (χ3v) is 1.90. The molecule has 0 heterocycles. The van der Waals surface area contributed by atoms with Crippen molar-refractivity contribution in [2.75, 3.05) is 13.7 Å². The van der Waals surface area contributed by atoms with Gasteiger partial charge in [-0.2, -0.15) is 0 Å². The van der Waals surface area contributed by atoms with Crippen molar-refractivity contribution >= 4 is 0 Å². The molecule has 0 amide bonds. The van der Waals surface area contributed by atoms with Crippen LogP contribution in [0.1, 0.15) is 18.1 Å². The minimum atomic E-state index is -0.280. The topological polar surface area (TPSA) is 29.5 Å². The molecule has 1 aromatic carbocycles. The molecule has 0 fully saturated rings. The second kappa shape index (κ2) is 4.94. The normalized spacial score (nSPS) is 12.8. The van der Waals surface area contributed by atoms with Crippen molar-refractivity contribution in [1.29, 1.82) is 0 Å². The molecule has 1 aromatic rings. The Morgan fingerprint density at radius 3 is 2.85 bits per heavy atom. The highest BCUT2D eigenvalue weighted by atomic mass is 19.1. The van der Waals surface area contributed by atoms with Gasteiger partial charge in [0.05, 0.1) is 6.10 Å². The van der Waals surface area contributed by atoms with Gasteiger partial charge in [-0.25, -0.2) is 4.39 Å². The highest BCUT2D eigenvalue weighted by Gasteiger charge is 2.09. The lowest BCUT2D eigenvalue weighted by Crippen LogP contribution is -2.03. The van der Waals surface area contributed by atoms with Gasteiger partial charge in [0.25, 0.3) is 0 Å². The predicted molar refractivity (Wildman–Crippen MR) is 47.9 cm³/mol. The summed E-state index contributed by atoms with van der Waals surface area (Å²) in [4.78, 5) is 0. The summed E-state index contributed by atoms with van der Waals surface area (Å²) in [6.07, 6.45) is 0.264. The molecule has 0 aliphatic rings. The molecule has 1 N–H and O–H groups in total. The van der Waals surface area contributed by atoms with Crippen LogP contribution in [0.2, 0.25) is 0 Å². The minimum absolute atomic E-state index is 0.0367. The van der Waals surface area contributed by atoms with Gasteiger partial charge in [0.15, 0.2) is 0 Å². The van der Waals surface area contributed by atoms with Gasteiger partial charge in [-0.05, 0) is 17.7 Å². The molecule has 0 saturated heterocycles. The fourth-order valence-corrected chi connectivity index (χ4v) is 1.24. The molecule has 0 bridgehead atoms. The Hall–Kier alpha value is -0.930. The third-order valence-electron chi connectivity index (χ3n) is 1.90. The summed E-state index contributed by atoms with van der Waals surface area (Å²) in [5.41, 5.74) is 0.761. The van der Waals surface area contributed by atoms with Crippen LogP contribution in [0, 0.1) is 5.82 Å². The van der Waals surface area contributed by atoms with Crippen LogP contribution in [0.5, 0.6) is 0 Å². The van der Waals surface area contributed by atoms with E-state index in [-0.39, 0.29) is 18.5 Å². The van der Waals surface area contributed by atoms with Crippen molar-refractivity contribution in [3.8, 4) is 0 Å². The van der Waals surface area contributed by atoms with E-state index in [1.165, 1.54) is 12.1 Å². The summed E-state index contributed by atoms with van der Waals surface area (Å²) in [6, 6.07) is 6.22. The molecule has 2 nitrogen and oxygen atoms in total. The van der Waals surface area contributed by atoms with E-state index in [4.69, 9.17) is 9.84 Å². The first-order chi connectivity index (χ1) is 6.27. The number of hydrogen-bond acceptors (Lipinski definition) is 2. The average molecular weight is 184 g/mol. The van der Waals surface area contributed by atoms with E-state index in [2.05, 4.69) is 0 Å². The van der Waals surface area contributed by atoms with E-state index in [9.17, 15) is 4.39 Å². The molecule has 0 aliphatic carbocycles. The molecule has 0 aliphatic heterocycles. The second-order valence-electron chi connectivity index (χ2n) is 2.79. The van der Waals surface area contributed by atoms with Crippen molar-refractivity contribution in [3.63, 3.8) is 0 Å². The fourth-order valence-electron chi connectivity index (χ4n) is 1.24. The van der Waals surface area contributed by atoms with Gasteiger partial charge < -0.3 is 9.84 Å². The molecule has 0 aromatic heterocycles. The van der Waals surface area contributed by atoms with Crippen LogP contribution >= 0.6 is 0 Å². The Labute approximate surface area is 77.0 Å². The highest BCUT2D eigenvalue weighted by molar-refractivity contribution is 5.18. The van der Waals surface area contributed by atoms with E-state index in [1.54, 1.807) is 19.2 Å². The summed E-state index contributed by atoms with van der Waals surface area (Å²) in [6.45, 7) is 0.0367. The van der Waals surface area contributed by atoms with E-state index in [1.807, 2.05) is 0 Å². The van der Waals surface area contributed by atoms with E-state index in [0.29, 0.717) is 6.42 Å². The molecule has 1 atom stereocenters. The molecule has 72 valence electrons. The first kappa shape index (κ1) is 10.2. The largest absolute Gasteiger partial charge is 0.396 e. The van der Waals surface area contributed by atoms with Crippen LogP contribution in [0.15, 0.2) is 24.3 Å². The van der Waals surface area contributed by atoms with Crippen molar-refractivity contribution < 1.29 is 14.2 Å². The number of halogens is 1. The van der Waals surface area contributed by atoms with Gasteiger partial charge >= 0.3 is 0 Å². The van der Waals surface area contributed by atoms with Gasteiger partial charge in [0.2, 0.25) is 0 Å². The number of aliphatic hydroxyl groups excluding tert-OH is 1. The van der Waals surface area contributed by atoms with Gasteiger partial charge in [0, 0.05) is 20.1 Å². The summed E-state index contributed by atoms with van der Waals surface area (Å²) in [5.74, 6) is -0.280. The van der Waals surface area contributed by atoms with Crippen molar-refractivity contribution in [3.05, 3.63) is 35.6 Å². The number of benzene rings is 1. The SMILES string of the molecule is COC(CCO)c1cccc(F)c1. The van der Waals surface area contributed by atoms with Crippen molar-refractivity contribution in [2.24, 2.45) is 0 Å². The molecule has 3 heteroatoms. The van der Waals surface area contributed by atoms with Gasteiger partial charge in [0.1, 0.15) is 5.82 Å². The minimum Gasteiger partial charge on any atom is -0.396 e. The zero-order valence-corrected chi connectivity index (χ0v) is 7.53. The lowest BCUT2D eigenvalue weighted by Gasteiger charge is -2.13. The maximum absolute atomic E-state index is 12.8. The maximum atomic E-state index is 12.8. The Kier molecular flexibility index (Phi) is 3.86. The van der Waals surface area contributed by atoms with Crippen LogP contribution < -0.4 is 0 Å². The highest BCUT2D eigenvalue weighted by Crippen LogP contribution is 2.20. The molecule has 0 spiro atoms. The Morgan fingerprint density at radius 2 is 2.31 bits per heavy atom. The Balaban J connectivity index is 2.78. The molecule has 1 rings (SSSR count). The lowest BCUT2D eigenvalue weighted by atomic mass is 10.1. The zero-order valence-electron chi connectivity index (χ0n) is 7.53. The van der Waals surface area contributed by atoms with Crippen molar-refractivity contribution in [1.82, 2.24) is 0 Å². The standard InChI is InChI=1S/C10H13FO2/c1-13-10(5-6-12)8-3-2-4-9(11)7-8/h2-4,7,10,12H,5-6H2,1H3. The second-order valence-corrected chi connectivity index (χ2v) is 2.79. The third kappa shape index (κ3) is 2.79. The molecule has 1 unspecified atom stereocenters. The molecule has 0 saturated carbocycles. The summed E-state index contributed by atoms with van der Waals surface area (Å²) >= 11 is 0. The van der Waals surface area contributed by atoms with Crippen LogP contribution in [0.25, 0.3) is 0 Å². The predicted octanol–water partition coefficient (Wildman–Crippen LogP) is 1.90. The summed E-state index contributed by atoms with van der Waals surface area (Å²) in [5, 5.41) is 8.72. The van der Waals surface area contributed by atoms with E-state index >= 15 is 0 Å². The Morgan fingerprint density at radius 1 is 1.54 bits per heavy atom. The zero-order chi connectivity index (χ0) is 9.68. The Bertz CT molecular complexity index is 263. The van der Waals surface area contributed by atoms with Crippen molar-refractivity contribution in [2.45, 2.75) is 12.5 Å². The van der Waals surface area contributed by atoms with E-state index < -0.39 is 0 Å². The lowest BCUT2D eigenvalue weighted by molar-refractivity contribution is 0.0773. The monoisotopic (exact) mass is 184 g/mol. The number of rotatable bonds is 4. The smallest absolute Gasteiger partial charge is 0.123 e. The average Bonchev–Trinajstić information content (AvgIpc) is 2.14. The van der Waals surface area contributed by atoms with Gasteiger partial charge in [-0.1, -0.05) is 12.1 Å². The quantitative estimate of drug-likeness (QED) is 0.774. The van der Waals surface area contributed by atoms with Gasteiger partial charge in [-0.3, -0.25) is 0 Å². The van der Waals surface area contributed by atoms with Crippen LogP contribution in [-0.2, 0) is 4.74 Å². The molecular weight excluding hydrogens is 171 g/mol. The molecular formula is C10H13FO2. The number of ether oxygens (including phenoxy) is 1. The van der Waals surface area contributed by atoms with E-state index in [0.717, 1.165) is 5.56 Å². The number of aliphatic hydroxyl groups is 1. The fraction of sp³-hybridized carbons (Fsp3) is 0.400. The molecule has 13 heavy (non-hydrogen) atoms. The summed E-state index contributed by atoms with van der Waals surface area (Å²) in [7, 11) is 1.55. The first-order valence-corrected chi connectivity index (χ1v) is 4.17. The molecule has 0 radical (unpaired) electrons. The summed E-state index contributed by atoms with van der Waals surface area (Å²) < 4.78 is 17.9.